The van der Waals surface area contributed by atoms with E-state index in [9.17, 15) is 9.50 Å². The Hall–Kier alpha value is -1.58. The molecule has 0 spiro atoms. The fourth-order valence-corrected chi connectivity index (χ4v) is 2.41. The number of rotatable bonds is 4. The number of hydrogen-bond acceptors (Lipinski definition) is 2. The van der Waals surface area contributed by atoms with Crippen molar-refractivity contribution < 1.29 is 9.50 Å². The molecule has 0 aliphatic heterocycles. The van der Waals surface area contributed by atoms with Gasteiger partial charge < -0.3 is 10.0 Å². The third kappa shape index (κ3) is 3.11. The Morgan fingerprint density at radius 1 is 1.20 bits per heavy atom. The highest BCUT2D eigenvalue weighted by atomic mass is 35.5. The van der Waals surface area contributed by atoms with Crippen molar-refractivity contribution in [1.82, 2.24) is 0 Å². The van der Waals surface area contributed by atoms with Crippen LogP contribution in [-0.2, 0) is 0 Å². The molecule has 1 atom stereocenters. The van der Waals surface area contributed by atoms with Gasteiger partial charge in [0.15, 0.2) is 0 Å². The predicted octanol–water partition coefficient (Wildman–Crippen LogP) is 4.69. The van der Waals surface area contributed by atoms with Crippen molar-refractivity contribution in [2.45, 2.75) is 20.0 Å². The van der Waals surface area contributed by atoms with Crippen molar-refractivity contribution in [3.8, 4) is 0 Å². The van der Waals surface area contributed by atoms with Gasteiger partial charge in [-0.05, 0) is 55.8 Å². The number of aliphatic hydroxyl groups is 1. The van der Waals surface area contributed by atoms with Crippen LogP contribution < -0.4 is 4.90 Å². The summed E-state index contributed by atoms with van der Waals surface area (Å²) in [6.45, 7) is 4.41. The van der Waals surface area contributed by atoms with Crippen LogP contribution in [0.5, 0.6) is 0 Å². The number of hydrogen-bond donors (Lipinski definition) is 1. The first kappa shape index (κ1) is 14.8. The molecule has 0 aliphatic carbocycles. The van der Waals surface area contributed by atoms with Gasteiger partial charge in [0.25, 0.3) is 0 Å². The van der Waals surface area contributed by atoms with E-state index >= 15 is 0 Å². The highest BCUT2D eigenvalue weighted by molar-refractivity contribution is 6.33. The van der Waals surface area contributed by atoms with Gasteiger partial charge in [0.1, 0.15) is 5.82 Å². The van der Waals surface area contributed by atoms with Crippen LogP contribution in [0.25, 0.3) is 0 Å². The third-order valence-corrected chi connectivity index (χ3v) is 3.50. The molecule has 4 heteroatoms. The average Bonchev–Trinajstić information content (AvgIpc) is 2.43. The van der Waals surface area contributed by atoms with Crippen molar-refractivity contribution in [3.05, 3.63) is 58.9 Å². The molecule has 2 aromatic rings. The van der Waals surface area contributed by atoms with E-state index < -0.39 is 6.10 Å². The van der Waals surface area contributed by atoms with Crippen LogP contribution in [0.15, 0.2) is 42.5 Å². The van der Waals surface area contributed by atoms with Gasteiger partial charge in [0.05, 0.1) is 16.8 Å². The number of halogens is 2. The summed E-state index contributed by atoms with van der Waals surface area (Å²) in [5, 5.41) is 10.1. The number of aliphatic hydroxyl groups excluding tert-OH is 1. The molecule has 20 heavy (non-hydrogen) atoms. The summed E-state index contributed by atoms with van der Waals surface area (Å²) in [6.07, 6.45) is -0.553. The van der Waals surface area contributed by atoms with Gasteiger partial charge in [-0.15, -0.1) is 0 Å². The standard InChI is InChI=1S/C16H17ClFNO/c1-3-19(14-7-5-13(18)6-8-14)16-9-4-12(11(2)20)10-15(16)17/h4-11,20H,3H2,1-2H3/t11-/m0/s1. The molecule has 0 amide bonds. The van der Waals surface area contributed by atoms with E-state index in [-0.39, 0.29) is 5.82 Å². The third-order valence-electron chi connectivity index (χ3n) is 3.20. The minimum absolute atomic E-state index is 0.264. The van der Waals surface area contributed by atoms with Gasteiger partial charge in [-0.1, -0.05) is 17.7 Å². The van der Waals surface area contributed by atoms with Gasteiger partial charge in [-0.2, -0.15) is 0 Å². The lowest BCUT2D eigenvalue weighted by Crippen LogP contribution is -2.16. The lowest BCUT2D eigenvalue weighted by Gasteiger charge is -2.25. The first-order valence-electron chi connectivity index (χ1n) is 6.53. The zero-order valence-electron chi connectivity index (χ0n) is 11.5. The molecule has 106 valence electrons. The number of benzene rings is 2. The summed E-state index contributed by atoms with van der Waals surface area (Å²) in [7, 11) is 0. The average molecular weight is 294 g/mol. The lowest BCUT2D eigenvalue weighted by molar-refractivity contribution is 0.199. The number of anilines is 2. The van der Waals surface area contributed by atoms with Crippen LogP contribution in [-0.4, -0.2) is 11.7 Å². The summed E-state index contributed by atoms with van der Waals surface area (Å²) >= 11 is 6.30. The maximum atomic E-state index is 13.0. The monoisotopic (exact) mass is 293 g/mol. The van der Waals surface area contributed by atoms with Gasteiger partial charge in [-0.3, -0.25) is 0 Å². The largest absolute Gasteiger partial charge is 0.389 e. The van der Waals surface area contributed by atoms with Crippen LogP contribution in [0.3, 0.4) is 0 Å². The Morgan fingerprint density at radius 3 is 2.35 bits per heavy atom. The maximum absolute atomic E-state index is 13.0. The second kappa shape index (κ2) is 6.25. The van der Waals surface area contributed by atoms with Gasteiger partial charge in [0.2, 0.25) is 0 Å². The van der Waals surface area contributed by atoms with Crippen LogP contribution in [0.1, 0.15) is 25.5 Å². The van der Waals surface area contributed by atoms with Crippen molar-refractivity contribution in [2.24, 2.45) is 0 Å². The SMILES string of the molecule is CCN(c1ccc(F)cc1)c1ccc([C@H](C)O)cc1Cl. The van der Waals surface area contributed by atoms with E-state index in [0.717, 1.165) is 16.9 Å². The summed E-state index contributed by atoms with van der Waals surface area (Å²) in [4.78, 5) is 1.99. The predicted molar refractivity (Wildman–Crippen MR) is 81.2 cm³/mol. The van der Waals surface area contributed by atoms with E-state index in [0.29, 0.717) is 11.6 Å². The second-order valence-corrected chi connectivity index (χ2v) is 5.01. The van der Waals surface area contributed by atoms with E-state index in [1.165, 1.54) is 12.1 Å². The molecular formula is C16H17ClFNO. The van der Waals surface area contributed by atoms with Crippen molar-refractivity contribution in [3.63, 3.8) is 0 Å². The topological polar surface area (TPSA) is 23.5 Å². The van der Waals surface area contributed by atoms with Crippen LogP contribution in [0.2, 0.25) is 5.02 Å². The molecule has 0 aromatic heterocycles. The van der Waals surface area contributed by atoms with Crippen LogP contribution >= 0.6 is 11.6 Å². The Morgan fingerprint density at radius 2 is 1.85 bits per heavy atom. The first-order chi connectivity index (χ1) is 9.52. The Balaban J connectivity index is 2.39. The molecule has 0 radical (unpaired) electrons. The molecule has 2 aromatic carbocycles. The summed E-state index contributed by atoms with van der Waals surface area (Å²) < 4.78 is 13.0. The van der Waals surface area contributed by atoms with E-state index in [1.807, 2.05) is 24.0 Å². The minimum Gasteiger partial charge on any atom is -0.389 e. The normalized spacial score (nSPS) is 12.2. The highest BCUT2D eigenvalue weighted by Gasteiger charge is 2.13. The number of nitrogens with zero attached hydrogens (tertiary/aromatic N) is 1. The second-order valence-electron chi connectivity index (χ2n) is 4.61. The van der Waals surface area contributed by atoms with Crippen LogP contribution in [0, 0.1) is 5.82 Å². The van der Waals surface area contributed by atoms with E-state index in [2.05, 4.69) is 0 Å². The molecule has 0 saturated heterocycles. The Kier molecular flexibility index (Phi) is 4.63. The molecular weight excluding hydrogens is 277 g/mol. The summed E-state index contributed by atoms with van der Waals surface area (Å²) in [5.74, 6) is -0.264. The molecule has 1 N–H and O–H groups in total. The van der Waals surface area contributed by atoms with E-state index in [1.54, 1.807) is 25.1 Å². The van der Waals surface area contributed by atoms with Crippen molar-refractivity contribution >= 4 is 23.0 Å². The van der Waals surface area contributed by atoms with Crippen molar-refractivity contribution in [2.75, 3.05) is 11.4 Å². The first-order valence-corrected chi connectivity index (χ1v) is 6.91. The molecule has 2 nitrogen and oxygen atoms in total. The van der Waals surface area contributed by atoms with Gasteiger partial charge in [-0.25, -0.2) is 4.39 Å². The van der Waals surface area contributed by atoms with Gasteiger partial charge in [0, 0.05) is 12.2 Å². The zero-order chi connectivity index (χ0) is 14.7. The highest BCUT2D eigenvalue weighted by Crippen LogP contribution is 2.33. The fraction of sp³-hybridized carbons (Fsp3) is 0.250. The molecule has 0 saturated carbocycles. The molecule has 0 heterocycles. The minimum atomic E-state index is -0.553. The zero-order valence-corrected chi connectivity index (χ0v) is 12.2. The summed E-state index contributed by atoms with van der Waals surface area (Å²) in [5.41, 5.74) is 2.49. The maximum Gasteiger partial charge on any atom is 0.123 e. The van der Waals surface area contributed by atoms with Gasteiger partial charge >= 0.3 is 0 Å². The Labute approximate surface area is 123 Å². The molecule has 0 unspecified atom stereocenters. The smallest absolute Gasteiger partial charge is 0.123 e. The fourth-order valence-electron chi connectivity index (χ4n) is 2.11. The lowest BCUT2D eigenvalue weighted by atomic mass is 10.1. The van der Waals surface area contributed by atoms with Crippen LogP contribution in [0.4, 0.5) is 15.8 Å². The van der Waals surface area contributed by atoms with E-state index in [4.69, 9.17) is 11.6 Å². The van der Waals surface area contributed by atoms with Crippen molar-refractivity contribution in [1.29, 1.82) is 0 Å². The molecule has 0 fully saturated rings. The Bertz CT molecular complexity index is 584. The molecule has 0 aliphatic rings. The molecule has 2 rings (SSSR count). The summed E-state index contributed by atoms with van der Waals surface area (Å²) in [6, 6.07) is 11.8. The molecule has 0 bridgehead atoms. The quantitative estimate of drug-likeness (QED) is 0.884.